The third-order valence-corrected chi connectivity index (χ3v) is 2.91. The maximum Gasteiger partial charge on any atom is 0.0361 e. The molecule has 1 N–H and O–H groups in total. The van der Waals surface area contributed by atoms with Crippen LogP contribution >= 0.6 is 0 Å². The second-order valence-electron chi connectivity index (χ2n) is 4.64. The van der Waals surface area contributed by atoms with Crippen LogP contribution in [-0.2, 0) is 6.54 Å². The Bertz CT molecular complexity index is 299. The lowest BCUT2D eigenvalue weighted by Crippen LogP contribution is -2.16. The van der Waals surface area contributed by atoms with Crippen LogP contribution in [0.15, 0.2) is 24.3 Å². The van der Waals surface area contributed by atoms with E-state index in [1.807, 2.05) is 0 Å². The molecule has 1 aliphatic carbocycles. The lowest BCUT2D eigenvalue weighted by atomic mass is 10.2. The van der Waals surface area contributed by atoms with Crippen LogP contribution in [0.3, 0.4) is 0 Å². The molecule has 0 amide bonds. The smallest absolute Gasteiger partial charge is 0.0361 e. The van der Waals surface area contributed by atoms with Crippen LogP contribution < -0.4 is 10.2 Å². The molecule has 0 aromatic heterocycles. The van der Waals surface area contributed by atoms with Gasteiger partial charge in [-0.3, -0.25) is 0 Å². The van der Waals surface area contributed by atoms with E-state index in [1.165, 1.54) is 30.6 Å². The highest BCUT2D eigenvalue weighted by Crippen LogP contribution is 2.27. The highest BCUT2D eigenvalue weighted by molar-refractivity contribution is 5.45. The summed E-state index contributed by atoms with van der Waals surface area (Å²) in [5.41, 5.74) is 2.64. The van der Waals surface area contributed by atoms with Crippen LogP contribution in [0.1, 0.15) is 18.4 Å². The molecule has 15 heavy (non-hydrogen) atoms. The molecule has 2 nitrogen and oxygen atoms in total. The van der Waals surface area contributed by atoms with Crippen molar-refractivity contribution < 1.29 is 0 Å². The van der Waals surface area contributed by atoms with E-state index in [4.69, 9.17) is 0 Å². The zero-order valence-electron chi connectivity index (χ0n) is 9.66. The molecule has 82 valence electrons. The van der Waals surface area contributed by atoms with Crippen molar-refractivity contribution >= 4 is 5.69 Å². The first-order chi connectivity index (χ1) is 7.25. The average molecular weight is 204 g/mol. The Labute approximate surface area is 92.3 Å². The minimum absolute atomic E-state index is 0.964. The third-order valence-electron chi connectivity index (χ3n) is 2.91. The predicted octanol–water partition coefficient (Wildman–Crippen LogP) is 2.25. The van der Waals surface area contributed by atoms with Gasteiger partial charge in [-0.15, -0.1) is 0 Å². The van der Waals surface area contributed by atoms with E-state index >= 15 is 0 Å². The Balaban J connectivity index is 1.80. The molecule has 1 aliphatic rings. The second-order valence-corrected chi connectivity index (χ2v) is 4.64. The lowest BCUT2D eigenvalue weighted by Gasteiger charge is -2.12. The molecular formula is C13H20N2. The first-order valence-electron chi connectivity index (χ1n) is 5.72. The molecule has 1 aromatic rings. The van der Waals surface area contributed by atoms with Gasteiger partial charge in [0.15, 0.2) is 0 Å². The summed E-state index contributed by atoms with van der Waals surface area (Å²) in [5, 5.41) is 3.50. The molecule has 1 fully saturated rings. The van der Waals surface area contributed by atoms with Crippen LogP contribution in [0.25, 0.3) is 0 Å². The standard InChI is InChI=1S/C13H20N2/c1-15(2)13-7-5-12(6-8-13)10-14-9-11-3-4-11/h5-8,11,14H,3-4,9-10H2,1-2H3. The van der Waals surface area contributed by atoms with E-state index in [9.17, 15) is 0 Å². The maximum atomic E-state index is 3.50. The van der Waals surface area contributed by atoms with Gasteiger partial charge in [-0.1, -0.05) is 12.1 Å². The van der Waals surface area contributed by atoms with Gasteiger partial charge in [-0.25, -0.2) is 0 Å². The summed E-state index contributed by atoms with van der Waals surface area (Å²) < 4.78 is 0. The summed E-state index contributed by atoms with van der Waals surface area (Å²) in [5.74, 6) is 0.964. The SMILES string of the molecule is CN(C)c1ccc(CNCC2CC2)cc1. The van der Waals surface area contributed by atoms with Crippen molar-refractivity contribution in [2.45, 2.75) is 19.4 Å². The van der Waals surface area contributed by atoms with Gasteiger partial charge in [-0.2, -0.15) is 0 Å². The molecular weight excluding hydrogens is 184 g/mol. The predicted molar refractivity (Wildman–Crippen MR) is 65.2 cm³/mol. The van der Waals surface area contributed by atoms with Crippen molar-refractivity contribution in [2.75, 3.05) is 25.5 Å². The molecule has 1 aromatic carbocycles. The molecule has 0 heterocycles. The topological polar surface area (TPSA) is 15.3 Å². The lowest BCUT2D eigenvalue weighted by molar-refractivity contribution is 0.639. The van der Waals surface area contributed by atoms with Crippen molar-refractivity contribution in [3.8, 4) is 0 Å². The Kier molecular flexibility index (Phi) is 3.27. The first kappa shape index (κ1) is 10.5. The number of hydrogen-bond acceptors (Lipinski definition) is 2. The highest BCUT2D eigenvalue weighted by atomic mass is 15.1. The van der Waals surface area contributed by atoms with Crippen molar-refractivity contribution in [2.24, 2.45) is 5.92 Å². The van der Waals surface area contributed by atoms with Crippen LogP contribution in [-0.4, -0.2) is 20.6 Å². The number of nitrogens with zero attached hydrogens (tertiary/aromatic N) is 1. The minimum Gasteiger partial charge on any atom is -0.378 e. The van der Waals surface area contributed by atoms with Crippen molar-refractivity contribution in [1.82, 2.24) is 5.32 Å². The molecule has 1 saturated carbocycles. The first-order valence-corrected chi connectivity index (χ1v) is 5.72. The molecule has 0 aliphatic heterocycles. The summed E-state index contributed by atoms with van der Waals surface area (Å²) in [7, 11) is 4.14. The number of benzene rings is 1. The van der Waals surface area contributed by atoms with Gasteiger partial charge in [0.25, 0.3) is 0 Å². The van der Waals surface area contributed by atoms with Crippen molar-refractivity contribution in [1.29, 1.82) is 0 Å². The van der Waals surface area contributed by atoms with Crippen LogP contribution in [0.2, 0.25) is 0 Å². The van der Waals surface area contributed by atoms with Crippen LogP contribution in [0.4, 0.5) is 5.69 Å². The maximum absolute atomic E-state index is 3.50. The monoisotopic (exact) mass is 204 g/mol. The summed E-state index contributed by atoms with van der Waals surface area (Å²) in [6.45, 7) is 2.19. The third kappa shape index (κ3) is 3.24. The number of nitrogens with one attached hydrogen (secondary N) is 1. The number of anilines is 1. The average Bonchev–Trinajstić information content (AvgIpc) is 3.02. The minimum atomic E-state index is 0.964. The van der Waals surface area contributed by atoms with Gasteiger partial charge < -0.3 is 10.2 Å². The van der Waals surface area contributed by atoms with E-state index in [-0.39, 0.29) is 0 Å². The highest BCUT2D eigenvalue weighted by Gasteiger charge is 2.19. The summed E-state index contributed by atoms with van der Waals surface area (Å²) in [6.07, 6.45) is 2.85. The Hall–Kier alpha value is -1.02. The van der Waals surface area contributed by atoms with Gasteiger partial charge in [-0.05, 0) is 43.0 Å². The summed E-state index contributed by atoms with van der Waals surface area (Å²) in [6, 6.07) is 8.76. The van der Waals surface area contributed by atoms with Gasteiger partial charge in [0.05, 0.1) is 0 Å². The Morgan fingerprint density at radius 1 is 1.20 bits per heavy atom. The summed E-state index contributed by atoms with van der Waals surface area (Å²) in [4.78, 5) is 2.13. The van der Waals surface area contributed by atoms with Crippen molar-refractivity contribution in [3.05, 3.63) is 29.8 Å². The largest absolute Gasteiger partial charge is 0.378 e. The molecule has 0 radical (unpaired) electrons. The molecule has 2 heteroatoms. The Morgan fingerprint density at radius 2 is 1.87 bits per heavy atom. The van der Waals surface area contributed by atoms with E-state index < -0.39 is 0 Å². The molecule has 0 saturated heterocycles. The van der Waals surface area contributed by atoms with Gasteiger partial charge in [0.1, 0.15) is 0 Å². The number of rotatable bonds is 5. The fourth-order valence-electron chi connectivity index (χ4n) is 1.65. The van der Waals surface area contributed by atoms with Crippen molar-refractivity contribution in [3.63, 3.8) is 0 Å². The summed E-state index contributed by atoms with van der Waals surface area (Å²) >= 11 is 0. The molecule has 0 atom stereocenters. The Morgan fingerprint density at radius 3 is 2.40 bits per heavy atom. The fraction of sp³-hybridized carbons (Fsp3) is 0.538. The number of hydrogen-bond donors (Lipinski definition) is 1. The van der Waals surface area contributed by atoms with Crippen LogP contribution in [0.5, 0.6) is 0 Å². The normalized spacial score (nSPS) is 15.3. The fourth-order valence-corrected chi connectivity index (χ4v) is 1.65. The van der Waals surface area contributed by atoms with Crippen LogP contribution in [0, 0.1) is 5.92 Å². The van der Waals surface area contributed by atoms with E-state index in [0.29, 0.717) is 0 Å². The van der Waals surface area contributed by atoms with Gasteiger partial charge in [0.2, 0.25) is 0 Å². The van der Waals surface area contributed by atoms with E-state index in [1.54, 1.807) is 0 Å². The molecule has 0 spiro atoms. The zero-order chi connectivity index (χ0) is 10.7. The molecule has 2 rings (SSSR count). The molecule has 0 unspecified atom stereocenters. The van der Waals surface area contributed by atoms with E-state index in [2.05, 4.69) is 48.6 Å². The van der Waals surface area contributed by atoms with Gasteiger partial charge >= 0.3 is 0 Å². The van der Waals surface area contributed by atoms with Gasteiger partial charge in [0, 0.05) is 26.3 Å². The zero-order valence-corrected chi connectivity index (χ0v) is 9.66. The van der Waals surface area contributed by atoms with E-state index in [0.717, 1.165) is 12.5 Å². The quantitative estimate of drug-likeness (QED) is 0.791. The molecule has 0 bridgehead atoms. The second kappa shape index (κ2) is 4.67.